The van der Waals surface area contributed by atoms with Crippen LogP contribution >= 0.6 is 0 Å². The number of hydrogen-bond donors (Lipinski definition) is 1. The van der Waals surface area contributed by atoms with Crippen LogP contribution in [0.2, 0.25) is 0 Å². The number of rotatable bonds is 5. The van der Waals surface area contributed by atoms with E-state index in [2.05, 4.69) is 20.3 Å². The number of halogens is 1. The summed E-state index contributed by atoms with van der Waals surface area (Å²) in [7, 11) is 0. The summed E-state index contributed by atoms with van der Waals surface area (Å²) in [5.41, 5.74) is 2.50. The van der Waals surface area contributed by atoms with Crippen LogP contribution in [0.3, 0.4) is 0 Å². The standard InChI is InChI=1S/C17H18FN5O/c18-13-5-3-12(4-6-13)8-19-16-15-17(21-10-20-16)23(11-22-15)9-14-2-1-7-24-14/h3-6,10-11,14H,1-2,7-9H2,(H,19,20,21). The van der Waals surface area contributed by atoms with Gasteiger partial charge in [-0.1, -0.05) is 12.1 Å². The van der Waals surface area contributed by atoms with Crippen molar-refractivity contribution in [3.05, 3.63) is 48.3 Å². The molecular weight excluding hydrogens is 309 g/mol. The van der Waals surface area contributed by atoms with Gasteiger partial charge in [0.1, 0.15) is 17.7 Å². The minimum atomic E-state index is -0.240. The maximum Gasteiger partial charge on any atom is 0.165 e. The minimum Gasteiger partial charge on any atom is -0.376 e. The second kappa shape index (κ2) is 6.52. The topological polar surface area (TPSA) is 64.9 Å². The van der Waals surface area contributed by atoms with Crippen molar-refractivity contribution in [1.29, 1.82) is 0 Å². The van der Waals surface area contributed by atoms with Crippen molar-refractivity contribution in [3.8, 4) is 0 Å². The number of imidazole rings is 1. The van der Waals surface area contributed by atoms with Crippen molar-refractivity contribution in [1.82, 2.24) is 19.5 Å². The van der Waals surface area contributed by atoms with Gasteiger partial charge in [0.2, 0.25) is 0 Å². The fourth-order valence-electron chi connectivity index (χ4n) is 2.94. The Morgan fingerprint density at radius 3 is 2.88 bits per heavy atom. The summed E-state index contributed by atoms with van der Waals surface area (Å²) in [6.07, 6.45) is 5.72. The van der Waals surface area contributed by atoms with Crippen LogP contribution in [0.4, 0.5) is 10.2 Å². The Morgan fingerprint density at radius 2 is 2.08 bits per heavy atom. The van der Waals surface area contributed by atoms with E-state index in [9.17, 15) is 4.39 Å². The SMILES string of the molecule is Fc1ccc(CNc2ncnc3c2ncn3CC2CCCO2)cc1. The smallest absolute Gasteiger partial charge is 0.165 e. The lowest BCUT2D eigenvalue weighted by Gasteiger charge is -2.10. The van der Waals surface area contributed by atoms with Gasteiger partial charge in [-0.25, -0.2) is 19.3 Å². The fourth-order valence-corrected chi connectivity index (χ4v) is 2.94. The van der Waals surface area contributed by atoms with E-state index in [-0.39, 0.29) is 11.9 Å². The maximum atomic E-state index is 13.0. The molecule has 6 nitrogen and oxygen atoms in total. The van der Waals surface area contributed by atoms with Crippen molar-refractivity contribution < 1.29 is 9.13 Å². The molecular formula is C17H18FN5O. The number of benzene rings is 1. The number of fused-ring (bicyclic) bond motifs is 1. The molecule has 0 bridgehead atoms. The summed E-state index contributed by atoms with van der Waals surface area (Å²) >= 11 is 0. The second-order valence-electron chi connectivity index (χ2n) is 5.91. The van der Waals surface area contributed by atoms with E-state index in [1.165, 1.54) is 18.5 Å². The molecule has 1 aliphatic rings. The first-order valence-corrected chi connectivity index (χ1v) is 8.05. The van der Waals surface area contributed by atoms with Crippen molar-refractivity contribution in [2.24, 2.45) is 0 Å². The molecule has 1 saturated heterocycles. The lowest BCUT2D eigenvalue weighted by molar-refractivity contribution is 0.0978. The molecule has 1 aliphatic heterocycles. The van der Waals surface area contributed by atoms with Gasteiger partial charge < -0.3 is 14.6 Å². The van der Waals surface area contributed by atoms with Crippen LogP contribution in [0.25, 0.3) is 11.2 Å². The van der Waals surface area contributed by atoms with E-state index in [0.717, 1.165) is 42.7 Å². The molecule has 3 heterocycles. The van der Waals surface area contributed by atoms with Crippen molar-refractivity contribution in [2.45, 2.75) is 32.0 Å². The van der Waals surface area contributed by atoms with Gasteiger partial charge in [0.25, 0.3) is 0 Å². The lowest BCUT2D eigenvalue weighted by Crippen LogP contribution is -2.14. The lowest BCUT2D eigenvalue weighted by atomic mass is 10.2. The molecule has 24 heavy (non-hydrogen) atoms. The van der Waals surface area contributed by atoms with Crippen LogP contribution in [-0.4, -0.2) is 32.2 Å². The van der Waals surface area contributed by atoms with Crippen LogP contribution < -0.4 is 5.32 Å². The Kier molecular flexibility index (Phi) is 4.08. The zero-order valence-electron chi connectivity index (χ0n) is 13.2. The zero-order chi connectivity index (χ0) is 16.4. The molecule has 0 amide bonds. The van der Waals surface area contributed by atoms with E-state index in [1.54, 1.807) is 18.5 Å². The summed E-state index contributed by atoms with van der Waals surface area (Å²) in [4.78, 5) is 13.1. The van der Waals surface area contributed by atoms with Crippen LogP contribution in [-0.2, 0) is 17.8 Å². The average molecular weight is 327 g/mol. The molecule has 0 spiro atoms. The van der Waals surface area contributed by atoms with Gasteiger partial charge in [-0.2, -0.15) is 0 Å². The first kappa shape index (κ1) is 15.0. The predicted molar refractivity (Wildman–Crippen MR) is 88.0 cm³/mol. The number of nitrogens with zero attached hydrogens (tertiary/aromatic N) is 4. The summed E-state index contributed by atoms with van der Waals surface area (Å²) in [6.45, 7) is 2.13. The predicted octanol–water partition coefficient (Wildman–Crippen LogP) is 2.76. The van der Waals surface area contributed by atoms with Crippen molar-refractivity contribution in [2.75, 3.05) is 11.9 Å². The number of ether oxygens (including phenoxy) is 1. The normalized spacial score (nSPS) is 17.5. The largest absolute Gasteiger partial charge is 0.376 e. The highest BCUT2D eigenvalue weighted by Crippen LogP contribution is 2.21. The zero-order valence-corrected chi connectivity index (χ0v) is 13.2. The van der Waals surface area contributed by atoms with Gasteiger partial charge in [0, 0.05) is 13.2 Å². The molecule has 2 aromatic heterocycles. The highest BCUT2D eigenvalue weighted by Gasteiger charge is 2.18. The van der Waals surface area contributed by atoms with Gasteiger partial charge >= 0.3 is 0 Å². The molecule has 1 aromatic carbocycles. The van der Waals surface area contributed by atoms with E-state index >= 15 is 0 Å². The molecule has 1 N–H and O–H groups in total. The number of anilines is 1. The van der Waals surface area contributed by atoms with Crippen LogP contribution in [0.5, 0.6) is 0 Å². The van der Waals surface area contributed by atoms with Crippen LogP contribution in [0.1, 0.15) is 18.4 Å². The average Bonchev–Trinajstić information content (AvgIpc) is 3.25. The molecule has 7 heteroatoms. The molecule has 1 unspecified atom stereocenters. The van der Waals surface area contributed by atoms with Gasteiger partial charge in [-0.3, -0.25) is 0 Å². The third-order valence-corrected chi connectivity index (χ3v) is 4.20. The molecule has 1 fully saturated rings. The first-order valence-electron chi connectivity index (χ1n) is 8.05. The maximum absolute atomic E-state index is 13.0. The van der Waals surface area contributed by atoms with Crippen molar-refractivity contribution >= 4 is 17.0 Å². The number of nitrogens with one attached hydrogen (secondary N) is 1. The third-order valence-electron chi connectivity index (χ3n) is 4.20. The van der Waals surface area contributed by atoms with Gasteiger partial charge in [-0.15, -0.1) is 0 Å². The Labute approximate surface area is 138 Å². The molecule has 0 radical (unpaired) electrons. The quantitative estimate of drug-likeness (QED) is 0.780. The van der Waals surface area contributed by atoms with Gasteiger partial charge in [0.15, 0.2) is 11.5 Å². The van der Waals surface area contributed by atoms with Crippen LogP contribution in [0, 0.1) is 5.82 Å². The summed E-state index contributed by atoms with van der Waals surface area (Å²) in [5.74, 6) is 0.437. The highest BCUT2D eigenvalue weighted by molar-refractivity contribution is 5.82. The van der Waals surface area contributed by atoms with Gasteiger partial charge in [-0.05, 0) is 30.5 Å². The molecule has 0 aliphatic carbocycles. The molecule has 4 rings (SSSR count). The van der Waals surface area contributed by atoms with E-state index in [0.29, 0.717) is 12.4 Å². The Balaban J connectivity index is 1.52. The highest BCUT2D eigenvalue weighted by atomic mass is 19.1. The second-order valence-corrected chi connectivity index (χ2v) is 5.91. The Bertz CT molecular complexity index is 827. The number of hydrogen-bond acceptors (Lipinski definition) is 5. The molecule has 3 aromatic rings. The van der Waals surface area contributed by atoms with Crippen LogP contribution in [0.15, 0.2) is 36.9 Å². The number of aromatic nitrogens is 4. The summed E-state index contributed by atoms with van der Waals surface area (Å²) in [6, 6.07) is 6.39. The van der Waals surface area contributed by atoms with E-state index in [4.69, 9.17) is 4.74 Å². The Hall–Kier alpha value is -2.54. The third kappa shape index (κ3) is 3.07. The van der Waals surface area contributed by atoms with Crippen molar-refractivity contribution in [3.63, 3.8) is 0 Å². The fraction of sp³-hybridized carbons (Fsp3) is 0.353. The molecule has 124 valence electrons. The summed E-state index contributed by atoms with van der Waals surface area (Å²) < 4.78 is 20.7. The van der Waals surface area contributed by atoms with Gasteiger partial charge in [0.05, 0.1) is 19.0 Å². The van der Waals surface area contributed by atoms with E-state index in [1.807, 2.05) is 4.57 Å². The molecule has 0 saturated carbocycles. The van der Waals surface area contributed by atoms with E-state index < -0.39 is 0 Å². The first-order chi connectivity index (χ1) is 11.8. The minimum absolute atomic E-state index is 0.230. The summed E-state index contributed by atoms with van der Waals surface area (Å²) in [5, 5.41) is 3.25. The molecule has 1 atom stereocenters. The monoisotopic (exact) mass is 327 g/mol. The Morgan fingerprint density at radius 1 is 1.21 bits per heavy atom.